The molecule has 1 aromatic carbocycles. The van der Waals surface area contributed by atoms with E-state index in [4.69, 9.17) is 0 Å². The number of rotatable bonds is 2. The summed E-state index contributed by atoms with van der Waals surface area (Å²) in [5.41, 5.74) is 4.16. The maximum Gasteiger partial charge on any atom is 0.251 e. The number of H-pyrrole nitrogens is 1. The second kappa shape index (κ2) is 5.32. The Morgan fingerprint density at radius 3 is 2.52 bits per heavy atom. The highest BCUT2D eigenvalue weighted by molar-refractivity contribution is 5.63. The minimum atomic E-state index is -0.180. The first-order valence-electron chi connectivity index (χ1n) is 6.74. The molecular weight excluding hydrogens is 262 g/mol. The summed E-state index contributed by atoms with van der Waals surface area (Å²) in [5.74, 6) is 0.499. The van der Waals surface area contributed by atoms with Crippen molar-refractivity contribution in [2.45, 2.75) is 13.8 Å². The molecule has 2 heterocycles. The van der Waals surface area contributed by atoms with E-state index in [9.17, 15) is 4.79 Å². The maximum absolute atomic E-state index is 11.9. The van der Waals surface area contributed by atoms with Gasteiger partial charge >= 0.3 is 0 Å². The summed E-state index contributed by atoms with van der Waals surface area (Å²) in [4.78, 5) is 23.6. The molecule has 21 heavy (non-hydrogen) atoms. The van der Waals surface area contributed by atoms with Crippen LogP contribution in [0.25, 0.3) is 22.8 Å². The first-order valence-corrected chi connectivity index (χ1v) is 6.74. The normalized spacial score (nSPS) is 10.6. The van der Waals surface area contributed by atoms with Crippen molar-refractivity contribution in [3.05, 3.63) is 70.1 Å². The molecule has 2 aromatic heterocycles. The smallest absolute Gasteiger partial charge is 0.251 e. The van der Waals surface area contributed by atoms with Gasteiger partial charge in [0.1, 0.15) is 5.69 Å². The fraction of sp³-hybridized carbons (Fsp3) is 0.118. The number of aryl methyl sites for hydroxylation is 2. The molecule has 3 rings (SSSR count). The van der Waals surface area contributed by atoms with E-state index < -0.39 is 0 Å². The van der Waals surface area contributed by atoms with E-state index in [1.165, 1.54) is 6.07 Å². The Morgan fingerprint density at radius 1 is 1.05 bits per heavy atom. The number of pyridine rings is 1. The summed E-state index contributed by atoms with van der Waals surface area (Å²) in [6.07, 6.45) is 1.78. The third-order valence-electron chi connectivity index (χ3n) is 3.25. The molecule has 0 radical (unpaired) electrons. The van der Waals surface area contributed by atoms with Crippen LogP contribution in [0.5, 0.6) is 0 Å². The molecule has 0 atom stereocenters. The molecule has 0 unspecified atom stereocenters. The highest BCUT2D eigenvalue weighted by atomic mass is 16.1. The van der Waals surface area contributed by atoms with Crippen LogP contribution in [-0.2, 0) is 0 Å². The Labute approximate surface area is 122 Å². The van der Waals surface area contributed by atoms with Gasteiger partial charge in [0.15, 0.2) is 5.82 Å². The average Bonchev–Trinajstić information content (AvgIpc) is 2.47. The maximum atomic E-state index is 11.9. The van der Waals surface area contributed by atoms with Gasteiger partial charge in [-0.2, -0.15) is 0 Å². The van der Waals surface area contributed by atoms with E-state index in [2.05, 4.69) is 15.0 Å². The lowest BCUT2D eigenvalue weighted by Gasteiger charge is -2.07. The predicted octanol–water partition coefficient (Wildman–Crippen LogP) is 3.12. The predicted molar refractivity (Wildman–Crippen MR) is 83.0 cm³/mol. The van der Waals surface area contributed by atoms with Crippen LogP contribution >= 0.6 is 0 Å². The Balaban J connectivity index is 2.16. The lowest BCUT2D eigenvalue weighted by Crippen LogP contribution is -2.09. The third-order valence-corrected chi connectivity index (χ3v) is 3.25. The molecule has 0 saturated heterocycles. The van der Waals surface area contributed by atoms with Gasteiger partial charge in [-0.05, 0) is 25.0 Å². The molecule has 0 aliphatic heterocycles. The van der Waals surface area contributed by atoms with Gasteiger partial charge < -0.3 is 4.98 Å². The Kier molecular flexibility index (Phi) is 3.36. The van der Waals surface area contributed by atoms with Gasteiger partial charge in [-0.15, -0.1) is 0 Å². The number of aromatic amines is 1. The largest absolute Gasteiger partial charge is 0.305 e. The Morgan fingerprint density at radius 2 is 1.81 bits per heavy atom. The zero-order valence-corrected chi connectivity index (χ0v) is 11.9. The second-order valence-electron chi connectivity index (χ2n) is 5.02. The van der Waals surface area contributed by atoms with Gasteiger partial charge in [0.05, 0.1) is 5.69 Å². The van der Waals surface area contributed by atoms with Crippen LogP contribution in [0.15, 0.2) is 53.5 Å². The fourth-order valence-corrected chi connectivity index (χ4v) is 2.29. The molecule has 0 aliphatic rings. The van der Waals surface area contributed by atoms with Crippen molar-refractivity contribution in [1.82, 2.24) is 15.0 Å². The van der Waals surface area contributed by atoms with E-state index in [1.807, 2.05) is 50.2 Å². The SMILES string of the molecule is Cc1cnc(-c2nc(-c3ccccc3)cc(=O)[nH]2)c(C)c1. The van der Waals surface area contributed by atoms with Gasteiger partial charge in [0.25, 0.3) is 5.56 Å². The van der Waals surface area contributed by atoms with Crippen molar-refractivity contribution in [2.75, 3.05) is 0 Å². The minimum Gasteiger partial charge on any atom is -0.305 e. The number of aromatic nitrogens is 3. The first kappa shape index (κ1) is 13.2. The molecule has 4 heteroatoms. The quantitative estimate of drug-likeness (QED) is 0.783. The standard InChI is InChI=1S/C17H15N3O/c1-11-8-12(2)16(18-10-11)17-19-14(9-15(21)20-17)13-6-4-3-5-7-13/h3-10H,1-2H3,(H,19,20,21). The lowest BCUT2D eigenvalue weighted by atomic mass is 10.1. The molecule has 0 fully saturated rings. The molecular formula is C17H15N3O. The van der Waals surface area contributed by atoms with E-state index in [-0.39, 0.29) is 5.56 Å². The number of hydrogen-bond acceptors (Lipinski definition) is 3. The summed E-state index contributed by atoms with van der Waals surface area (Å²) < 4.78 is 0. The van der Waals surface area contributed by atoms with Crippen molar-refractivity contribution < 1.29 is 0 Å². The Bertz CT molecular complexity index is 838. The number of nitrogens with zero attached hydrogens (tertiary/aromatic N) is 2. The molecule has 104 valence electrons. The monoisotopic (exact) mass is 277 g/mol. The Hall–Kier alpha value is -2.75. The van der Waals surface area contributed by atoms with Crippen molar-refractivity contribution in [3.63, 3.8) is 0 Å². The van der Waals surface area contributed by atoms with Gasteiger partial charge in [0.2, 0.25) is 0 Å². The summed E-state index contributed by atoms with van der Waals surface area (Å²) in [7, 11) is 0. The van der Waals surface area contributed by atoms with Crippen LogP contribution in [0, 0.1) is 13.8 Å². The summed E-state index contributed by atoms with van der Waals surface area (Å²) >= 11 is 0. The number of hydrogen-bond donors (Lipinski definition) is 1. The van der Waals surface area contributed by atoms with Crippen LogP contribution in [0.2, 0.25) is 0 Å². The van der Waals surface area contributed by atoms with Crippen LogP contribution in [0.4, 0.5) is 0 Å². The van der Waals surface area contributed by atoms with E-state index in [0.29, 0.717) is 17.2 Å². The topological polar surface area (TPSA) is 58.6 Å². The summed E-state index contributed by atoms with van der Waals surface area (Å²) in [6, 6.07) is 13.2. The zero-order chi connectivity index (χ0) is 14.8. The molecule has 0 bridgehead atoms. The molecule has 3 aromatic rings. The average molecular weight is 277 g/mol. The molecule has 4 nitrogen and oxygen atoms in total. The van der Waals surface area contributed by atoms with Crippen molar-refractivity contribution in [3.8, 4) is 22.8 Å². The molecule has 0 saturated carbocycles. The molecule has 1 N–H and O–H groups in total. The summed E-state index contributed by atoms with van der Waals surface area (Å²) in [6.45, 7) is 3.95. The number of benzene rings is 1. The van der Waals surface area contributed by atoms with Crippen LogP contribution in [0.1, 0.15) is 11.1 Å². The van der Waals surface area contributed by atoms with Gasteiger partial charge in [0, 0.05) is 17.8 Å². The third kappa shape index (κ3) is 2.74. The first-order chi connectivity index (χ1) is 10.1. The van der Waals surface area contributed by atoms with Crippen LogP contribution in [0.3, 0.4) is 0 Å². The van der Waals surface area contributed by atoms with Crippen molar-refractivity contribution in [1.29, 1.82) is 0 Å². The van der Waals surface area contributed by atoms with Crippen molar-refractivity contribution >= 4 is 0 Å². The van der Waals surface area contributed by atoms with Crippen molar-refractivity contribution in [2.24, 2.45) is 0 Å². The van der Waals surface area contributed by atoms with Crippen LogP contribution < -0.4 is 5.56 Å². The molecule has 0 aliphatic carbocycles. The van der Waals surface area contributed by atoms with Gasteiger partial charge in [-0.1, -0.05) is 36.4 Å². The fourth-order valence-electron chi connectivity index (χ4n) is 2.29. The molecule has 0 amide bonds. The van der Waals surface area contributed by atoms with Gasteiger partial charge in [-0.25, -0.2) is 4.98 Å². The minimum absolute atomic E-state index is 0.180. The zero-order valence-electron chi connectivity index (χ0n) is 11.9. The number of nitrogens with one attached hydrogen (secondary N) is 1. The van der Waals surface area contributed by atoms with E-state index >= 15 is 0 Å². The molecule has 0 spiro atoms. The van der Waals surface area contributed by atoms with Crippen LogP contribution in [-0.4, -0.2) is 15.0 Å². The van der Waals surface area contributed by atoms with Gasteiger partial charge in [-0.3, -0.25) is 9.78 Å². The second-order valence-corrected chi connectivity index (χ2v) is 5.02. The highest BCUT2D eigenvalue weighted by Gasteiger charge is 2.09. The lowest BCUT2D eigenvalue weighted by molar-refractivity contribution is 1.09. The van der Waals surface area contributed by atoms with E-state index in [1.54, 1.807) is 6.20 Å². The van der Waals surface area contributed by atoms with E-state index in [0.717, 1.165) is 16.7 Å². The highest BCUT2D eigenvalue weighted by Crippen LogP contribution is 2.20. The summed E-state index contributed by atoms with van der Waals surface area (Å²) in [5, 5.41) is 0.